The summed E-state index contributed by atoms with van der Waals surface area (Å²) >= 11 is 1.64. The number of piperidine rings is 1. The summed E-state index contributed by atoms with van der Waals surface area (Å²) < 4.78 is 5.17. The zero-order valence-corrected chi connectivity index (χ0v) is 17.9. The Kier molecular flexibility index (Phi) is 6.43. The number of nitrogens with zero attached hydrogens (tertiary/aromatic N) is 1. The van der Waals surface area contributed by atoms with Crippen LogP contribution >= 0.6 is 11.8 Å². The number of aromatic amines is 1. The van der Waals surface area contributed by atoms with Crippen LogP contribution in [0.25, 0.3) is 10.9 Å². The van der Waals surface area contributed by atoms with Gasteiger partial charge in [-0.15, -0.1) is 0 Å². The minimum absolute atomic E-state index is 0.0589. The number of ether oxygens (including phenoxy) is 1. The van der Waals surface area contributed by atoms with E-state index in [1.807, 2.05) is 48.2 Å². The van der Waals surface area contributed by atoms with E-state index in [0.29, 0.717) is 26.1 Å². The number of hydrogen-bond acceptors (Lipinski definition) is 4. The number of esters is 1. The molecule has 2 heterocycles. The quantitative estimate of drug-likeness (QED) is 0.587. The number of rotatable bonds is 6. The number of benzene rings is 2. The Morgan fingerprint density at radius 1 is 1.13 bits per heavy atom. The first-order valence-electron chi connectivity index (χ1n) is 10.4. The van der Waals surface area contributed by atoms with Gasteiger partial charge in [-0.3, -0.25) is 9.59 Å². The summed E-state index contributed by atoms with van der Waals surface area (Å²) in [6, 6.07) is 18.2. The molecule has 1 N–H and O–H groups in total. The van der Waals surface area contributed by atoms with Gasteiger partial charge in [0.1, 0.15) is 0 Å². The first-order valence-corrected chi connectivity index (χ1v) is 11.2. The highest BCUT2D eigenvalue weighted by Crippen LogP contribution is 2.35. The van der Waals surface area contributed by atoms with Crippen molar-refractivity contribution in [3.8, 4) is 0 Å². The molecule has 4 rings (SSSR count). The summed E-state index contributed by atoms with van der Waals surface area (Å²) in [6.07, 6.45) is 1.92. The van der Waals surface area contributed by atoms with Crippen LogP contribution in [0.5, 0.6) is 0 Å². The van der Waals surface area contributed by atoms with Gasteiger partial charge in [0, 0.05) is 34.5 Å². The van der Waals surface area contributed by atoms with Crippen molar-refractivity contribution in [2.24, 2.45) is 5.92 Å². The molecule has 1 saturated heterocycles. The van der Waals surface area contributed by atoms with E-state index in [1.165, 1.54) is 0 Å². The molecule has 1 amide bonds. The lowest BCUT2D eigenvalue weighted by atomic mass is 9.97. The predicted octanol–water partition coefficient (Wildman–Crippen LogP) is 4.66. The maximum atomic E-state index is 13.2. The summed E-state index contributed by atoms with van der Waals surface area (Å²) in [5.74, 6) is -0.352. The third-order valence-corrected chi connectivity index (χ3v) is 6.52. The number of nitrogens with one attached hydrogen (secondary N) is 1. The van der Waals surface area contributed by atoms with Crippen molar-refractivity contribution in [1.82, 2.24) is 9.88 Å². The van der Waals surface area contributed by atoms with Gasteiger partial charge in [0.15, 0.2) is 0 Å². The van der Waals surface area contributed by atoms with Crippen LogP contribution in [0, 0.1) is 5.92 Å². The van der Waals surface area contributed by atoms with Gasteiger partial charge in [-0.05, 0) is 38.0 Å². The van der Waals surface area contributed by atoms with Gasteiger partial charge >= 0.3 is 5.97 Å². The Balaban J connectivity index is 1.56. The second kappa shape index (κ2) is 9.39. The molecular weight excluding hydrogens is 396 g/mol. The third-order valence-electron chi connectivity index (χ3n) is 5.46. The smallest absolute Gasteiger partial charge is 0.310 e. The molecule has 5 nitrogen and oxygen atoms in total. The highest BCUT2D eigenvalue weighted by Gasteiger charge is 2.30. The topological polar surface area (TPSA) is 62.4 Å². The molecule has 1 unspecified atom stereocenters. The van der Waals surface area contributed by atoms with Crippen LogP contribution in [0.1, 0.15) is 25.3 Å². The second-order valence-electron chi connectivity index (χ2n) is 7.50. The fourth-order valence-corrected chi connectivity index (χ4v) is 4.96. The maximum Gasteiger partial charge on any atom is 0.310 e. The molecule has 0 spiro atoms. The Hall–Kier alpha value is -2.73. The van der Waals surface area contributed by atoms with Crippen molar-refractivity contribution in [3.63, 3.8) is 0 Å². The normalized spacial score (nSPS) is 16.6. The maximum absolute atomic E-state index is 13.2. The molecule has 6 heteroatoms. The molecule has 1 aliphatic rings. The monoisotopic (exact) mass is 422 g/mol. The molecule has 3 aromatic rings. The van der Waals surface area contributed by atoms with Crippen LogP contribution in [0.15, 0.2) is 64.5 Å². The standard InChI is InChI=1S/C24H26N2O3S/c1-2-29-24(28)17-9-8-14-26(16-17)22(27)15-20-19-12-6-7-13-21(19)25-23(20)30-18-10-4-3-5-11-18/h3-7,10-13,17,25H,2,8-9,14-16H2,1H3. The van der Waals surface area contributed by atoms with Crippen LogP contribution in [-0.4, -0.2) is 41.5 Å². The summed E-state index contributed by atoms with van der Waals surface area (Å²) in [5, 5.41) is 2.07. The van der Waals surface area contributed by atoms with Gasteiger partial charge in [-0.25, -0.2) is 0 Å². The number of carbonyl (C=O) groups excluding carboxylic acids is 2. The second-order valence-corrected chi connectivity index (χ2v) is 8.58. The van der Waals surface area contributed by atoms with Crippen LogP contribution in [0.3, 0.4) is 0 Å². The van der Waals surface area contributed by atoms with Gasteiger partial charge in [-0.1, -0.05) is 48.2 Å². The van der Waals surface area contributed by atoms with Crippen molar-refractivity contribution in [1.29, 1.82) is 0 Å². The van der Waals surface area contributed by atoms with E-state index < -0.39 is 0 Å². The van der Waals surface area contributed by atoms with Gasteiger partial charge in [0.25, 0.3) is 0 Å². The van der Waals surface area contributed by atoms with Gasteiger partial charge in [-0.2, -0.15) is 0 Å². The molecule has 1 atom stereocenters. The van der Waals surface area contributed by atoms with E-state index >= 15 is 0 Å². The average Bonchev–Trinajstić information content (AvgIpc) is 3.11. The van der Waals surface area contributed by atoms with Gasteiger partial charge < -0.3 is 14.6 Å². The number of H-pyrrole nitrogens is 1. The minimum Gasteiger partial charge on any atom is -0.466 e. The van der Waals surface area contributed by atoms with E-state index in [1.54, 1.807) is 11.8 Å². The van der Waals surface area contributed by atoms with E-state index in [-0.39, 0.29) is 17.8 Å². The fourth-order valence-electron chi connectivity index (χ4n) is 3.96. The van der Waals surface area contributed by atoms with Crippen molar-refractivity contribution in [2.45, 2.75) is 36.1 Å². The Labute approximate surface area is 180 Å². The molecular formula is C24H26N2O3S. The van der Waals surface area contributed by atoms with Gasteiger partial charge in [0.2, 0.25) is 5.91 Å². The first kappa shape index (κ1) is 20.5. The molecule has 0 saturated carbocycles. The lowest BCUT2D eigenvalue weighted by molar-refractivity contribution is -0.151. The van der Waals surface area contributed by atoms with Gasteiger partial charge in [0.05, 0.1) is 24.0 Å². The molecule has 156 valence electrons. The SMILES string of the molecule is CCOC(=O)C1CCCN(C(=O)Cc2c(Sc3ccccc3)[nH]c3ccccc23)C1. The number of hydrogen-bond donors (Lipinski definition) is 1. The minimum atomic E-state index is -0.219. The number of fused-ring (bicyclic) bond motifs is 1. The highest BCUT2D eigenvalue weighted by atomic mass is 32.2. The highest BCUT2D eigenvalue weighted by molar-refractivity contribution is 7.99. The van der Waals surface area contributed by atoms with Crippen LogP contribution in [0.4, 0.5) is 0 Å². The van der Waals surface area contributed by atoms with Crippen molar-refractivity contribution < 1.29 is 14.3 Å². The third kappa shape index (κ3) is 4.54. The molecule has 0 radical (unpaired) electrons. The van der Waals surface area contributed by atoms with Crippen LogP contribution in [0.2, 0.25) is 0 Å². The van der Waals surface area contributed by atoms with Crippen molar-refractivity contribution in [2.75, 3.05) is 19.7 Å². The number of para-hydroxylation sites is 1. The Morgan fingerprint density at radius 2 is 1.90 bits per heavy atom. The molecule has 0 bridgehead atoms. The van der Waals surface area contributed by atoms with E-state index in [9.17, 15) is 9.59 Å². The summed E-state index contributed by atoms with van der Waals surface area (Å²) in [6.45, 7) is 3.32. The first-order chi connectivity index (χ1) is 14.7. The number of aromatic nitrogens is 1. The molecule has 1 aliphatic heterocycles. The molecule has 30 heavy (non-hydrogen) atoms. The van der Waals surface area contributed by atoms with E-state index in [0.717, 1.165) is 39.2 Å². The lowest BCUT2D eigenvalue weighted by Gasteiger charge is -2.31. The lowest BCUT2D eigenvalue weighted by Crippen LogP contribution is -2.43. The molecule has 0 aliphatic carbocycles. The van der Waals surface area contributed by atoms with Crippen LogP contribution < -0.4 is 0 Å². The Morgan fingerprint density at radius 3 is 2.70 bits per heavy atom. The zero-order valence-electron chi connectivity index (χ0n) is 17.1. The summed E-state index contributed by atoms with van der Waals surface area (Å²) in [4.78, 5) is 31.8. The van der Waals surface area contributed by atoms with E-state index in [2.05, 4.69) is 23.2 Å². The zero-order chi connectivity index (χ0) is 20.9. The number of amides is 1. The average molecular weight is 423 g/mol. The number of likely N-dealkylation sites (tertiary alicyclic amines) is 1. The number of carbonyl (C=O) groups is 2. The van der Waals surface area contributed by atoms with Crippen molar-refractivity contribution >= 4 is 34.5 Å². The molecule has 1 fully saturated rings. The fraction of sp³-hybridized carbons (Fsp3) is 0.333. The van der Waals surface area contributed by atoms with Crippen molar-refractivity contribution in [3.05, 3.63) is 60.2 Å². The molecule has 2 aromatic carbocycles. The molecule has 1 aromatic heterocycles. The summed E-state index contributed by atoms with van der Waals surface area (Å²) in [7, 11) is 0. The summed E-state index contributed by atoms with van der Waals surface area (Å²) in [5.41, 5.74) is 2.05. The Bertz CT molecular complexity index is 1030. The predicted molar refractivity (Wildman–Crippen MR) is 119 cm³/mol. The largest absolute Gasteiger partial charge is 0.466 e. The van der Waals surface area contributed by atoms with E-state index in [4.69, 9.17) is 4.74 Å². The van der Waals surface area contributed by atoms with Crippen LogP contribution in [-0.2, 0) is 20.7 Å².